The van der Waals surface area contributed by atoms with Gasteiger partial charge in [0, 0.05) is 17.1 Å². The minimum absolute atomic E-state index is 0.101. The number of nitrogens with one attached hydrogen (secondary N) is 1. The van der Waals surface area contributed by atoms with Crippen LogP contribution in [0.5, 0.6) is 5.75 Å². The van der Waals surface area contributed by atoms with E-state index in [4.69, 9.17) is 15.6 Å². The van der Waals surface area contributed by atoms with Crippen molar-refractivity contribution in [3.63, 3.8) is 0 Å². The molecule has 0 amide bonds. The molecule has 0 saturated carbocycles. The molecule has 0 bridgehead atoms. The van der Waals surface area contributed by atoms with Gasteiger partial charge in [0.2, 0.25) is 0 Å². The average molecular weight is 192 g/mol. The number of aliphatic hydroxyl groups is 1. The van der Waals surface area contributed by atoms with Gasteiger partial charge in [0.1, 0.15) is 18.6 Å². The van der Waals surface area contributed by atoms with Gasteiger partial charge in [-0.3, -0.25) is 0 Å². The summed E-state index contributed by atoms with van der Waals surface area (Å²) in [5, 5.41) is 9.87. The standard InChI is InChI=1S/C10H12N2O2/c11-10(13)6-14-9-3-1-2-8-7(9)4-5-12-8/h1-5,10,12-13H,6,11H2. The molecule has 2 aromatic rings. The van der Waals surface area contributed by atoms with Crippen molar-refractivity contribution in [2.45, 2.75) is 6.23 Å². The van der Waals surface area contributed by atoms with Gasteiger partial charge in [-0.1, -0.05) is 6.07 Å². The monoisotopic (exact) mass is 192 g/mol. The predicted octanol–water partition coefficient (Wildman–Crippen LogP) is 0.824. The topological polar surface area (TPSA) is 71.3 Å². The van der Waals surface area contributed by atoms with Gasteiger partial charge in [-0.05, 0) is 18.2 Å². The van der Waals surface area contributed by atoms with Gasteiger partial charge in [-0.25, -0.2) is 0 Å². The molecule has 1 aromatic heterocycles. The highest BCUT2D eigenvalue weighted by Crippen LogP contribution is 2.24. The summed E-state index contributed by atoms with van der Waals surface area (Å²) < 4.78 is 5.34. The number of H-pyrrole nitrogens is 1. The Kier molecular flexibility index (Phi) is 2.39. The molecule has 0 aliphatic carbocycles. The van der Waals surface area contributed by atoms with Crippen LogP contribution in [0.1, 0.15) is 0 Å². The zero-order valence-electron chi connectivity index (χ0n) is 7.60. The first-order valence-corrected chi connectivity index (χ1v) is 4.40. The van der Waals surface area contributed by atoms with Crippen LogP contribution >= 0.6 is 0 Å². The van der Waals surface area contributed by atoms with Crippen LogP contribution < -0.4 is 10.5 Å². The number of rotatable bonds is 3. The maximum Gasteiger partial charge on any atom is 0.136 e. The molecular formula is C10H12N2O2. The molecule has 0 spiro atoms. The Bertz CT molecular complexity index is 423. The fraction of sp³-hybridized carbons (Fsp3) is 0.200. The average Bonchev–Trinajstić information content (AvgIpc) is 2.62. The lowest BCUT2D eigenvalue weighted by molar-refractivity contribution is 0.114. The zero-order valence-corrected chi connectivity index (χ0v) is 7.60. The van der Waals surface area contributed by atoms with Gasteiger partial charge in [0.05, 0.1) is 0 Å². The molecule has 1 aromatic carbocycles. The third kappa shape index (κ3) is 1.71. The summed E-state index contributed by atoms with van der Waals surface area (Å²) in [4.78, 5) is 3.07. The van der Waals surface area contributed by atoms with E-state index in [9.17, 15) is 0 Å². The molecule has 4 N–H and O–H groups in total. The van der Waals surface area contributed by atoms with Crippen LogP contribution in [0.15, 0.2) is 30.5 Å². The molecule has 0 radical (unpaired) electrons. The minimum atomic E-state index is -0.941. The van der Waals surface area contributed by atoms with E-state index in [0.717, 1.165) is 16.7 Å². The Balaban J connectivity index is 2.27. The summed E-state index contributed by atoms with van der Waals surface area (Å²) in [5.74, 6) is 0.730. The van der Waals surface area contributed by atoms with E-state index in [1.54, 1.807) is 0 Å². The Morgan fingerprint density at radius 1 is 1.43 bits per heavy atom. The number of hydrogen-bond acceptors (Lipinski definition) is 3. The lowest BCUT2D eigenvalue weighted by Gasteiger charge is -2.08. The van der Waals surface area contributed by atoms with Gasteiger partial charge < -0.3 is 20.6 Å². The van der Waals surface area contributed by atoms with Crippen molar-refractivity contribution in [1.82, 2.24) is 4.98 Å². The van der Waals surface area contributed by atoms with E-state index in [-0.39, 0.29) is 6.61 Å². The fourth-order valence-corrected chi connectivity index (χ4v) is 1.36. The number of aliphatic hydroxyl groups excluding tert-OH is 1. The summed E-state index contributed by atoms with van der Waals surface area (Å²) in [6, 6.07) is 7.62. The van der Waals surface area contributed by atoms with E-state index in [2.05, 4.69) is 4.98 Å². The normalized spacial score (nSPS) is 13.0. The minimum Gasteiger partial charge on any atom is -0.489 e. The van der Waals surface area contributed by atoms with Gasteiger partial charge in [0.15, 0.2) is 0 Å². The summed E-state index contributed by atoms with van der Waals surface area (Å²) in [6.07, 6.45) is 0.903. The lowest BCUT2D eigenvalue weighted by atomic mass is 10.2. The molecule has 4 nitrogen and oxygen atoms in total. The molecule has 0 aliphatic rings. The number of hydrogen-bond donors (Lipinski definition) is 3. The van der Waals surface area contributed by atoms with Crippen LogP contribution in [0.2, 0.25) is 0 Å². The SMILES string of the molecule is NC(O)COc1cccc2[nH]ccc12. The van der Waals surface area contributed by atoms with Gasteiger partial charge in [0.25, 0.3) is 0 Å². The molecule has 0 fully saturated rings. The van der Waals surface area contributed by atoms with E-state index < -0.39 is 6.23 Å². The Labute approximate surface area is 81.3 Å². The van der Waals surface area contributed by atoms with Crippen LogP contribution in [0, 0.1) is 0 Å². The molecule has 74 valence electrons. The van der Waals surface area contributed by atoms with Crippen molar-refractivity contribution in [3.8, 4) is 5.75 Å². The highest BCUT2D eigenvalue weighted by Gasteiger charge is 2.03. The first-order chi connectivity index (χ1) is 6.77. The van der Waals surface area contributed by atoms with Crippen molar-refractivity contribution in [1.29, 1.82) is 0 Å². The predicted molar refractivity (Wildman–Crippen MR) is 54.0 cm³/mol. The third-order valence-corrected chi connectivity index (χ3v) is 1.96. The summed E-state index contributed by atoms with van der Waals surface area (Å²) in [7, 11) is 0. The van der Waals surface area contributed by atoms with Crippen LogP contribution in [0.4, 0.5) is 0 Å². The molecule has 14 heavy (non-hydrogen) atoms. The highest BCUT2D eigenvalue weighted by molar-refractivity contribution is 5.85. The molecule has 2 rings (SSSR count). The molecule has 0 aliphatic heterocycles. The van der Waals surface area contributed by atoms with Crippen LogP contribution in [0.25, 0.3) is 10.9 Å². The number of aromatic amines is 1. The van der Waals surface area contributed by atoms with E-state index >= 15 is 0 Å². The Morgan fingerprint density at radius 2 is 2.29 bits per heavy atom. The molecule has 4 heteroatoms. The number of nitrogens with two attached hydrogens (primary N) is 1. The molecular weight excluding hydrogens is 180 g/mol. The van der Waals surface area contributed by atoms with Gasteiger partial charge in [-0.2, -0.15) is 0 Å². The number of benzene rings is 1. The van der Waals surface area contributed by atoms with Crippen LogP contribution in [-0.4, -0.2) is 22.9 Å². The second-order valence-electron chi connectivity index (χ2n) is 3.07. The van der Waals surface area contributed by atoms with Crippen molar-refractivity contribution < 1.29 is 9.84 Å². The smallest absolute Gasteiger partial charge is 0.136 e. The van der Waals surface area contributed by atoms with E-state index in [0.29, 0.717) is 0 Å². The van der Waals surface area contributed by atoms with Gasteiger partial charge in [-0.15, -0.1) is 0 Å². The third-order valence-electron chi connectivity index (χ3n) is 1.96. The second-order valence-corrected chi connectivity index (χ2v) is 3.07. The summed E-state index contributed by atoms with van der Waals surface area (Å²) in [6.45, 7) is 0.101. The quantitative estimate of drug-likeness (QED) is 0.630. The Morgan fingerprint density at radius 3 is 3.07 bits per heavy atom. The number of aromatic nitrogens is 1. The molecule has 1 unspecified atom stereocenters. The van der Waals surface area contributed by atoms with Crippen molar-refractivity contribution >= 4 is 10.9 Å². The first kappa shape index (κ1) is 9.05. The highest BCUT2D eigenvalue weighted by atomic mass is 16.5. The van der Waals surface area contributed by atoms with Gasteiger partial charge >= 0.3 is 0 Å². The number of ether oxygens (including phenoxy) is 1. The Hall–Kier alpha value is -1.52. The van der Waals surface area contributed by atoms with Crippen molar-refractivity contribution in [3.05, 3.63) is 30.5 Å². The maximum atomic E-state index is 8.88. The van der Waals surface area contributed by atoms with Crippen molar-refractivity contribution in [2.75, 3.05) is 6.61 Å². The molecule has 0 saturated heterocycles. The van der Waals surface area contributed by atoms with Crippen LogP contribution in [-0.2, 0) is 0 Å². The summed E-state index contributed by atoms with van der Waals surface area (Å²) >= 11 is 0. The molecule has 1 heterocycles. The zero-order chi connectivity index (χ0) is 9.97. The van der Waals surface area contributed by atoms with Crippen LogP contribution in [0.3, 0.4) is 0 Å². The summed E-state index contributed by atoms with van der Waals surface area (Å²) in [5.41, 5.74) is 6.19. The lowest BCUT2D eigenvalue weighted by Crippen LogP contribution is -2.26. The van der Waals surface area contributed by atoms with E-state index in [1.807, 2.05) is 30.5 Å². The first-order valence-electron chi connectivity index (χ1n) is 4.40. The maximum absolute atomic E-state index is 8.88. The molecule has 1 atom stereocenters. The largest absolute Gasteiger partial charge is 0.489 e. The fourth-order valence-electron chi connectivity index (χ4n) is 1.36. The van der Waals surface area contributed by atoms with E-state index in [1.165, 1.54) is 0 Å². The number of fused-ring (bicyclic) bond motifs is 1. The second kappa shape index (κ2) is 3.69. The van der Waals surface area contributed by atoms with Crippen molar-refractivity contribution in [2.24, 2.45) is 5.73 Å².